The van der Waals surface area contributed by atoms with Gasteiger partial charge in [-0.3, -0.25) is 0 Å². The van der Waals surface area contributed by atoms with Crippen molar-refractivity contribution in [3.05, 3.63) is 35.4 Å². The van der Waals surface area contributed by atoms with E-state index < -0.39 is 11.6 Å². The number of ether oxygens (including phenoxy) is 4. The molecule has 27 heavy (non-hydrogen) atoms. The molecule has 4 nitrogen and oxygen atoms in total. The largest absolute Gasteiger partial charge is 0.352 e. The van der Waals surface area contributed by atoms with Crippen molar-refractivity contribution < 1.29 is 27.7 Å². The van der Waals surface area contributed by atoms with Crippen molar-refractivity contribution in [2.24, 2.45) is 11.8 Å². The van der Waals surface area contributed by atoms with Crippen LogP contribution in [0.1, 0.15) is 44.6 Å². The minimum absolute atomic E-state index is 0.0705. The average molecular weight is 384 g/mol. The zero-order valence-electron chi connectivity index (χ0n) is 16.0. The molecule has 0 radical (unpaired) electrons. The molecule has 2 aliphatic heterocycles. The molecule has 0 N–H and O–H groups in total. The molecule has 0 saturated carbocycles. The molecular formula is C21H30F2O4. The lowest BCUT2D eigenvalue weighted by atomic mass is 10.0. The topological polar surface area (TPSA) is 36.9 Å². The first kappa shape index (κ1) is 20.6. The molecular weight excluding hydrogens is 354 g/mol. The number of halogens is 2. The molecule has 2 saturated heterocycles. The van der Waals surface area contributed by atoms with Gasteiger partial charge in [0, 0.05) is 12.3 Å². The van der Waals surface area contributed by atoms with Gasteiger partial charge < -0.3 is 18.9 Å². The molecule has 0 aliphatic carbocycles. The van der Waals surface area contributed by atoms with Gasteiger partial charge in [-0.15, -0.1) is 0 Å². The summed E-state index contributed by atoms with van der Waals surface area (Å²) in [6.07, 6.45) is 5.45. The van der Waals surface area contributed by atoms with Crippen LogP contribution in [0.15, 0.2) is 18.2 Å². The molecule has 3 rings (SSSR count). The maximum absolute atomic E-state index is 13.3. The molecule has 2 heterocycles. The molecule has 2 aliphatic rings. The van der Waals surface area contributed by atoms with Crippen LogP contribution in [0, 0.1) is 23.5 Å². The summed E-state index contributed by atoms with van der Waals surface area (Å²) in [6, 6.07) is 3.96. The Labute approximate surface area is 160 Å². The van der Waals surface area contributed by atoms with Crippen LogP contribution >= 0.6 is 0 Å². The number of rotatable bonds is 8. The SMILES string of the molecule is CCCCC[C@H]1CO[C@H]([C@H]2CO[C@H](CCc3ccc(F)c(F)c3)OC2)OC1. The maximum Gasteiger partial charge on any atom is 0.164 e. The van der Waals surface area contributed by atoms with Gasteiger partial charge in [0.15, 0.2) is 24.2 Å². The predicted molar refractivity (Wildman–Crippen MR) is 97.2 cm³/mol. The molecule has 1 aromatic rings. The summed E-state index contributed by atoms with van der Waals surface area (Å²) < 4.78 is 49.5. The Hall–Kier alpha value is -1.08. The van der Waals surface area contributed by atoms with E-state index in [0.717, 1.165) is 31.3 Å². The van der Waals surface area contributed by atoms with Crippen LogP contribution in [0.3, 0.4) is 0 Å². The Kier molecular flexibility index (Phi) is 8.00. The van der Waals surface area contributed by atoms with Crippen LogP contribution in [0.2, 0.25) is 0 Å². The Bertz CT molecular complexity index is 567. The quantitative estimate of drug-likeness (QED) is 0.621. The van der Waals surface area contributed by atoms with Crippen LogP contribution in [-0.2, 0) is 25.4 Å². The van der Waals surface area contributed by atoms with Crippen LogP contribution < -0.4 is 0 Å². The summed E-state index contributed by atoms with van der Waals surface area (Å²) in [5.74, 6) is -1.09. The van der Waals surface area contributed by atoms with Crippen LogP contribution in [-0.4, -0.2) is 39.0 Å². The number of benzene rings is 1. The Morgan fingerprint density at radius 1 is 0.889 bits per heavy atom. The average Bonchev–Trinajstić information content (AvgIpc) is 2.70. The van der Waals surface area contributed by atoms with Gasteiger partial charge in [0.2, 0.25) is 0 Å². The predicted octanol–water partition coefficient (Wildman–Crippen LogP) is 4.46. The van der Waals surface area contributed by atoms with Gasteiger partial charge in [-0.1, -0.05) is 32.3 Å². The highest BCUT2D eigenvalue weighted by atomic mass is 19.2. The first-order valence-corrected chi connectivity index (χ1v) is 10.1. The molecule has 0 atom stereocenters. The molecule has 2 fully saturated rings. The first-order chi connectivity index (χ1) is 13.2. The number of unbranched alkanes of at least 4 members (excludes halogenated alkanes) is 2. The minimum Gasteiger partial charge on any atom is -0.352 e. The summed E-state index contributed by atoms with van der Waals surface area (Å²) in [6.45, 7) is 4.73. The van der Waals surface area contributed by atoms with Crippen molar-refractivity contribution in [2.75, 3.05) is 26.4 Å². The van der Waals surface area contributed by atoms with Gasteiger partial charge in [-0.2, -0.15) is 0 Å². The summed E-state index contributed by atoms with van der Waals surface area (Å²) in [5.41, 5.74) is 0.733. The van der Waals surface area contributed by atoms with E-state index in [4.69, 9.17) is 18.9 Å². The van der Waals surface area contributed by atoms with E-state index in [1.807, 2.05) is 0 Å². The van der Waals surface area contributed by atoms with Crippen molar-refractivity contribution in [2.45, 2.75) is 58.0 Å². The summed E-state index contributed by atoms with van der Waals surface area (Å²) >= 11 is 0. The lowest BCUT2D eigenvalue weighted by molar-refractivity contribution is -0.281. The highest BCUT2D eigenvalue weighted by molar-refractivity contribution is 5.17. The molecule has 0 aromatic heterocycles. The molecule has 6 heteroatoms. The molecule has 0 amide bonds. The van der Waals surface area contributed by atoms with Gasteiger partial charge in [-0.05, 0) is 30.5 Å². The Balaban J connectivity index is 1.34. The van der Waals surface area contributed by atoms with Crippen molar-refractivity contribution in [3.63, 3.8) is 0 Å². The van der Waals surface area contributed by atoms with Crippen LogP contribution in [0.25, 0.3) is 0 Å². The molecule has 0 bridgehead atoms. The third-order valence-electron chi connectivity index (χ3n) is 5.24. The highest BCUT2D eigenvalue weighted by Gasteiger charge is 2.33. The number of hydrogen-bond acceptors (Lipinski definition) is 4. The normalized spacial score (nSPS) is 29.0. The van der Waals surface area contributed by atoms with E-state index in [1.165, 1.54) is 25.3 Å². The molecule has 0 unspecified atom stereocenters. The standard InChI is InChI=1S/C21H30F2O4/c1-2-3-4-5-16-11-26-21(27-12-16)17-13-24-20(25-14-17)9-7-15-6-8-18(22)19(23)10-15/h6,8,10,16-17,20-21H,2-5,7,9,11-14H2,1H3/t16-,17-,20-,21-. The van der Waals surface area contributed by atoms with Gasteiger partial charge in [0.1, 0.15) is 0 Å². The summed E-state index contributed by atoms with van der Waals surface area (Å²) in [4.78, 5) is 0. The molecule has 152 valence electrons. The van der Waals surface area contributed by atoms with E-state index in [-0.39, 0.29) is 18.5 Å². The van der Waals surface area contributed by atoms with Crippen LogP contribution in [0.4, 0.5) is 8.78 Å². The van der Waals surface area contributed by atoms with Crippen LogP contribution in [0.5, 0.6) is 0 Å². The lowest BCUT2D eigenvalue weighted by Crippen LogP contribution is -2.44. The fourth-order valence-corrected chi connectivity index (χ4v) is 3.54. The zero-order valence-corrected chi connectivity index (χ0v) is 16.0. The summed E-state index contributed by atoms with van der Waals surface area (Å²) in [5, 5.41) is 0. The van der Waals surface area contributed by atoms with Gasteiger partial charge in [0.05, 0.1) is 32.3 Å². The minimum atomic E-state index is -0.827. The second kappa shape index (κ2) is 10.5. The van der Waals surface area contributed by atoms with Gasteiger partial charge in [-0.25, -0.2) is 8.78 Å². The smallest absolute Gasteiger partial charge is 0.164 e. The Morgan fingerprint density at radius 2 is 1.63 bits per heavy atom. The third kappa shape index (κ3) is 6.21. The second-order valence-corrected chi connectivity index (χ2v) is 7.54. The van der Waals surface area contributed by atoms with E-state index in [9.17, 15) is 8.78 Å². The fraction of sp³-hybridized carbons (Fsp3) is 0.714. The second-order valence-electron chi connectivity index (χ2n) is 7.54. The zero-order chi connectivity index (χ0) is 19.1. The number of hydrogen-bond donors (Lipinski definition) is 0. The van der Waals surface area contributed by atoms with Gasteiger partial charge in [0.25, 0.3) is 0 Å². The van der Waals surface area contributed by atoms with E-state index in [1.54, 1.807) is 6.07 Å². The van der Waals surface area contributed by atoms with Crippen molar-refractivity contribution in [1.29, 1.82) is 0 Å². The first-order valence-electron chi connectivity index (χ1n) is 10.1. The highest BCUT2D eigenvalue weighted by Crippen LogP contribution is 2.25. The molecule has 0 spiro atoms. The third-order valence-corrected chi connectivity index (χ3v) is 5.24. The van der Waals surface area contributed by atoms with Gasteiger partial charge >= 0.3 is 0 Å². The van der Waals surface area contributed by atoms with E-state index in [0.29, 0.717) is 32.0 Å². The van der Waals surface area contributed by atoms with Crippen molar-refractivity contribution >= 4 is 0 Å². The maximum atomic E-state index is 13.3. The van der Waals surface area contributed by atoms with E-state index in [2.05, 4.69) is 6.92 Å². The van der Waals surface area contributed by atoms with Crippen molar-refractivity contribution in [1.82, 2.24) is 0 Å². The van der Waals surface area contributed by atoms with Crippen molar-refractivity contribution in [3.8, 4) is 0 Å². The Morgan fingerprint density at radius 3 is 2.30 bits per heavy atom. The molecule has 1 aromatic carbocycles. The lowest BCUT2D eigenvalue weighted by Gasteiger charge is -2.37. The summed E-state index contributed by atoms with van der Waals surface area (Å²) in [7, 11) is 0. The fourth-order valence-electron chi connectivity index (χ4n) is 3.54. The van der Waals surface area contributed by atoms with E-state index >= 15 is 0 Å². The number of aryl methyl sites for hydroxylation is 1. The monoisotopic (exact) mass is 384 g/mol.